The molecule has 0 heterocycles. The Morgan fingerprint density at radius 2 is 1.43 bits per heavy atom. The Labute approximate surface area is 138 Å². The first kappa shape index (κ1) is 18.7. The van der Waals surface area contributed by atoms with Crippen LogP contribution in [0.2, 0.25) is 0 Å². The fourth-order valence-electron chi connectivity index (χ4n) is 2.21. The van der Waals surface area contributed by atoms with Crippen molar-refractivity contribution in [2.75, 3.05) is 19.6 Å². The minimum absolute atomic E-state index is 0.405. The lowest BCUT2D eigenvalue weighted by molar-refractivity contribution is 0.107. The molecule has 0 radical (unpaired) electrons. The number of halogens is 1. The van der Waals surface area contributed by atoms with E-state index in [4.69, 9.17) is 0 Å². The molecule has 3 heteroatoms. The standard InChI is InChI=1S/C18H30BrNO/c1-14(2)9-11-20(12-10-15(3)4)13-18(21)16-5-7-17(19)8-6-16/h5-8,14-15,18,21H,9-13H2,1-4H3/t18-/m0/s1. The lowest BCUT2D eigenvalue weighted by Gasteiger charge is -2.26. The number of aliphatic hydroxyl groups is 1. The number of benzene rings is 1. The molecule has 2 nitrogen and oxygen atoms in total. The van der Waals surface area contributed by atoms with Crippen molar-refractivity contribution in [3.8, 4) is 0 Å². The molecule has 0 spiro atoms. The molecule has 0 aliphatic carbocycles. The highest BCUT2D eigenvalue weighted by Crippen LogP contribution is 2.19. The van der Waals surface area contributed by atoms with E-state index in [1.165, 1.54) is 12.8 Å². The summed E-state index contributed by atoms with van der Waals surface area (Å²) in [5.41, 5.74) is 0.997. The van der Waals surface area contributed by atoms with Crippen molar-refractivity contribution in [1.82, 2.24) is 4.90 Å². The summed E-state index contributed by atoms with van der Waals surface area (Å²) in [5.74, 6) is 1.41. The molecule has 0 aliphatic heterocycles. The molecule has 0 bridgehead atoms. The molecule has 0 aliphatic rings. The van der Waals surface area contributed by atoms with Crippen LogP contribution in [0.1, 0.15) is 52.2 Å². The van der Waals surface area contributed by atoms with Crippen LogP contribution in [-0.4, -0.2) is 29.6 Å². The molecule has 120 valence electrons. The van der Waals surface area contributed by atoms with Crippen LogP contribution >= 0.6 is 15.9 Å². The number of aliphatic hydroxyl groups excluding tert-OH is 1. The van der Waals surface area contributed by atoms with Gasteiger partial charge in [0.1, 0.15) is 0 Å². The summed E-state index contributed by atoms with van der Waals surface area (Å²) in [6.45, 7) is 11.9. The summed E-state index contributed by atoms with van der Waals surface area (Å²) in [5, 5.41) is 10.5. The smallest absolute Gasteiger partial charge is 0.0916 e. The van der Waals surface area contributed by atoms with Gasteiger partial charge in [0.15, 0.2) is 0 Å². The molecule has 1 aromatic carbocycles. The second-order valence-electron chi connectivity index (χ2n) is 6.73. The Balaban J connectivity index is 2.58. The van der Waals surface area contributed by atoms with Gasteiger partial charge in [-0.2, -0.15) is 0 Å². The van der Waals surface area contributed by atoms with Gasteiger partial charge in [0.05, 0.1) is 6.10 Å². The third kappa shape index (κ3) is 7.98. The van der Waals surface area contributed by atoms with Crippen molar-refractivity contribution in [3.05, 3.63) is 34.3 Å². The van der Waals surface area contributed by atoms with Gasteiger partial charge in [-0.1, -0.05) is 55.8 Å². The van der Waals surface area contributed by atoms with Gasteiger partial charge < -0.3 is 10.0 Å². The topological polar surface area (TPSA) is 23.5 Å². The van der Waals surface area contributed by atoms with E-state index < -0.39 is 6.10 Å². The highest BCUT2D eigenvalue weighted by Gasteiger charge is 2.14. The first-order valence-electron chi connectivity index (χ1n) is 8.04. The molecule has 1 atom stereocenters. The van der Waals surface area contributed by atoms with Crippen LogP contribution in [0.4, 0.5) is 0 Å². The third-order valence-electron chi connectivity index (χ3n) is 3.73. The zero-order valence-corrected chi connectivity index (χ0v) is 15.4. The minimum Gasteiger partial charge on any atom is -0.387 e. The Hall–Kier alpha value is -0.380. The predicted octanol–water partition coefficient (Wildman–Crippen LogP) is 4.88. The maximum absolute atomic E-state index is 10.5. The fraction of sp³-hybridized carbons (Fsp3) is 0.667. The van der Waals surface area contributed by atoms with Crippen LogP contribution in [0.15, 0.2) is 28.7 Å². The first-order valence-corrected chi connectivity index (χ1v) is 8.83. The van der Waals surface area contributed by atoms with Gasteiger partial charge in [-0.15, -0.1) is 0 Å². The summed E-state index contributed by atoms with van der Waals surface area (Å²) in [6, 6.07) is 7.98. The number of hydrogen-bond donors (Lipinski definition) is 1. The lowest BCUT2D eigenvalue weighted by Crippen LogP contribution is -2.32. The van der Waals surface area contributed by atoms with E-state index in [2.05, 4.69) is 48.5 Å². The van der Waals surface area contributed by atoms with Gasteiger partial charge in [0.25, 0.3) is 0 Å². The Kier molecular flexibility index (Phi) is 8.53. The molecule has 0 amide bonds. The molecular formula is C18H30BrNO. The summed E-state index contributed by atoms with van der Waals surface area (Å²) < 4.78 is 1.05. The Morgan fingerprint density at radius 1 is 0.952 bits per heavy atom. The van der Waals surface area contributed by atoms with Crippen molar-refractivity contribution in [2.45, 2.75) is 46.6 Å². The van der Waals surface area contributed by atoms with Gasteiger partial charge >= 0.3 is 0 Å². The third-order valence-corrected chi connectivity index (χ3v) is 4.26. The van der Waals surface area contributed by atoms with Gasteiger partial charge in [-0.25, -0.2) is 0 Å². The summed E-state index contributed by atoms with van der Waals surface area (Å²) in [7, 11) is 0. The normalized spacial score (nSPS) is 13.4. The quantitative estimate of drug-likeness (QED) is 0.682. The maximum Gasteiger partial charge on any atom is 0.0916 e. The van der Waals surface area contributed by atoms with Crippen LogP contribution < -0.4 is 0 Å². The molecular weight excluding hydrogens is 326 g/mol. The summed E-state index contributed by atoms with van der Waals surface area (Å²) >= 11 is 3.43. The highest BCUT2D eigenvalue weighted by atomic mass is 79.9. The van der Waals surface area contributed by atoms with Crippen molar-refractivity contribution in [1.29, 1.82) is 0 Å². The van der Waals surface area contributed by atoms with Crippen LogP contribution in [0.3, 0.4) is 0 Å². The van der Waals surface area contributed by atoms with E-state index in [0.717, 1.165) is 29.7 Å². The largest absolute Gasteiger partial charge is 0.387 e. The van der Waals surface area contributed by atoms with Gasteiger partial charge in [-0.05, 0) is 55.5 Å². The first-order chi connectivity index (χ1) is 9.88. The van der Waals surface area contributed by atoms with Crippen LogP contribution in [-0.2, 0) is 0 Å². The molecule has 0 saturated heterocycles. The Bertz CT molecular complexity index is 377. The zero-order valence-electron chi connectivity index (χ0n) is 13.8. The molecule has 1 N–H and O–H groups in total. The SMILES string of the molecule is CC(C)CCN(CCC(C)C)C[C@H](O)c1ccc(Br)cc1. The van der Waals surface area contributed by atoms with E-state index in [1.54, 1.807) is 0 Å². The van der Waals surface area contributed by atoms with E-state index in [9.17, 15) is 5.11 Å². The molecule has 0 unspecified atom stereocenters. The molecule has 0 saturated carbocycles. The monoisotopic (exact) mass is 355 g/mol. The van der Waals surface area contributed by atoms with E-state index in [1.807, 2.05) is 24.3 Å². The van der Waals surface area contributed by atoms with Gasteiger partial charge in [0.2, 0.25) is 0 Å². The minimum atomic E-state index is -0.405. The number of rotatable bonds is 9. The van der Waals surface area contributed by atoms with Gasteiger partial charge in [0, 0.05) is 11.0 Å². The second-order valence-corrected chi connectivity index (χ2v) is 7.65. The summed E-state index contributed by atoms with van der Waals surface area (Å²) in [4.78, 5) is 2.41. The number of hydrogen-bond acceptors (Lipinski definition) is 2. The van der Waals surface area contributed by atoms with E-state index in [0.29, 0.717) is 11.8 Å². The zero-order chi connectivity index (χ0) is 15.8. The molecule has 0 fully saturated rings. The Morgan fingerprint density at radius 3 is 1.86 bits per heavy atom. The average Bonchev–Trinajstić information content (AvgIpc) is 2.42. The molecule has 1 rings (SSSR count). The lowest BCUT2D eigenvalue weighted by atomic mass is 10.1. The fourth-order valence-corrected chi connectivity index (χ4v) is 2.48. The van der Waals surface area contributed by atoms with Gasteiger partial charge in [-0.3, -0.25) is 0 Å². The predicted molar refractivity (Wildman–Crippen MR) is 94.5 cm³/mol. The highest BCUT2D eigenvalue weighted by molar-refractivity contribution is 9.10. The van der Waals surface area contributed by atoms with E-state index >= 15 is 0 Å². The van der Waals surface area contributed by atoms with Crippen LogP contribution in [0, 0.1) is 11.8 Å². The number of nitrogens with zero attached hydrogens (tertiary/aromatic N) is 1. The van der Waals surface area contributed by atoms with E-state index in [-0.39, 0.29) is 0 Å². The molecule has 0 aromatic heterocycles. The van der Waals surface area contributed by atoms with Crippen molar-refractivity contribution in [3.63, 3.8) is 0 Å². The molecule has 21 heavy (non-hydrogen) atoms. The summed E-state index contributed by atoms with van der Waals surface area (Å²) in [6.07, 6.45) is 1.97. The molecule has 1 aromatic rings. The van der Waals surface area contributed by atoms with Crippen molar-refractivity contribution < 1.29 is 5.11 Å². The maximum atomic E-state index is 10.5. The van der Waals surface area contributed by atoms with Crippen LogP contribution in [0.25, 0.3) is 0 Å². The average molecular weight is 356 g/mol. The van der Waals surface area contributed by atoms with Crippen LogP contribution in [0.5, 0.6) is 0 Å². The second kappa shape index (κ2) is 9.60. The van der Waals surface area contributed by atoms with Crippen molar-refractivity contribution in [2.24, 2.45) is 11.8 Å². The van der Waals surface area contributed by atoms with Crippen molar-refractivity contribution >= 4 is 15.9 Å².